The normalized spacial score (nSPS) is 13.8. The Morgan fingerprint density at radius 2 is 1.84 bits per heavy atom. The van der Waals surface area contributed by atoms with Crippen LogP contribution in [0.3, 0.4) is 0 Å². The minimum absolute atomic E-state index is 0.0841. The van der Waals surface area contributed by atoms with Gasteiger partial charge >= 0.3 is 0 Å². The van der Waals surface area contributed by atoms with E-state index >= 15 is 0 Å². The van der Waals surface area contributed by atoms with Gasteiger partial charge < -0.3 is 10.6 Å². The van der Waals surface area contributed by atoms with Crippen LogP contribution < -0.4 is 10.6 Å². The summed E-state index contributed by atoms with van der Waals surface area (Å²) >= 11 is 0. The molecule has 0 saturated heterocycles. The van der Waals surface area contributed by atoms with Crippen LogP contribution in [0.15, 0.2) is 30.3 Å². The third-order valence-corrected chi connectivity index (χ3v) is 3.12. The molecule has 2 unspecified atom stereocenters. The maximum Gasteiger partial charge on any atom is 0.234 e. The number of carbonyl (C=O) groups excluding carboxylic acids is 1. The fourth-order valence-electron chi connectivity index (χ4n) is 2.14. The van der Waals surface area contributed by atoms with Gasteiger partial charge in [-0.05, 0) is 32.3 Å². The Morgan fingerprint density at radius 3 is 2.47 bits per heavy atom. The van der Waals surface area contributed by atoms with E-state index in [9.17, 15) is 4.79 Å². The molecule has 0 aromatic heterocycles. The highest BCUT2D eigenvalue weighted by molar-refractivity contribution is 5.78. The van der Waals surface area contributed by atoms with Crippen molar-refractivity contribution in [1.29, 1.82) is 0 Å². The first-order valence-corrected chi connectivity index (χ1v) is 7.18. The molecule has 3 nitrogen and oxygen atoms in total. The number of carbonyl (C=O) groups is 1. The molecular weight excluding hydrogens is 236 g/mol. The summed E-state index contributed by atoms with van der Waals surface area (Å²) < 4.78 is 0. The van der Waals surface area contributed by atoms with E-state index in [0.717, 1.165) is 19.3 Å². The van der Waals surface area contributed by atoms with E-state index in [1.165, 1.54) is 5.56 Å². The molecule has 0 aliphatic rings. The lowest BCUT2D eigenvalue weighted by atomic mass is 10.1. The fraction of sp³-hybridized carbons (Fsp3) is 0.562. The third-order valence-electron chi connectivity index (χ3n) is 3.12. The Morgan fingerprint density at radius 1 is 1.16 bits per heavy atom. The molecule has 106 valence electrons. The number of rotatable bonds is 8. The van der Waals surface area contributed by atoms with Crippen LogP contribution in [0.25, 0.3) is 0 Å². The maximum absolute atomic E-state index is 11.7. The van der Waals surface area contributed by atoms with Crippen molar-refractivity contribution in [2.24, 2.45) is 0 Å². The number of nitrogens with one attached hydrogen (secondary N) is 2. The highest BCUT2D eigenvalue weighted by atomic mass is 16.1. The first-order valence-electron chi connectivity index (χ1n) is 7.18. The number of amides is 1. The zero-order valence-electron chi connectivity index (χ0n) is 12.3. The smallest absolute Gasteiger partial charge is 0.234 e. The quantitative estimate of drug-likeness (QED) is 0.756. The SMILES string of the molecule is CCCC(C)NC(=O)CNC(C)Cc1ccccc1. The average molecular weight is 262 g/mol. The van der Waals surface area contributed by atoms with Crippen molar-refractivity contribution in [2.75, 3.05) is 6.54 Å². The lowest BCUT2D eigenvalue weighted by Gasteiger charge is -2.16. The van der Waals surface area contributed by atoms with Gasteiger partial charge in [0, 0.05) is 12.1 Å². The molecule has 0 aliphatic heterocycles. The second-order valence-electron chi connectivity index (χ2n) is 5.23. The van der Waals surface area contributed by atoms with Gasteiger partial charge in [0.1, 0.15) is 0 Å². The van der Waals surface area contributed by atoms with Gasteiger partial charge in [0.25, 0.3) is 0 Å². The zero-order chi connectivity index (χ0) is 14.1. The summed E-state index contributed by atoms with van der Waals surface area (Å²) in [5.74, 6) is 0.0841. The second-order valence-corrected chi connectivity index (χ2v) is 5.23. The maximum atomic E-state index is 11.7. The summed E-state index contributed by atoms with van der Waals surface area (Å²) in [7, 11) is 0. The Balaban J connectivity index is 2.22. The van der Waals surface area contributed by atoms with Gasteiger partial charge in [0.2, 0.25) is 5.91 Å². The molecule has 2 N–H and O–H groups in total. The lowest BCUT2D eigenvalue weighted by Crippen LogP contribution is -2.42. The van der Waals surface area contributed by atoms with E-state index < -0.39 is 0 Å². The molecule has 0 bridgehead atoms. The summed E-state index contributed by atoms with van der Waals surface area (Å²) in [6, 6.07) is 10.9. The van der Waals surface area contributed by atoms with Crippen LogP contribution in [0.4, 0.5) is 0 Å². The van der Waals surface area contributed by atoms with Gasteiger partial charge in [-0.15, -0.1) is 0 Å². The zero-order valence-corrected chi connectivity index (χ0v) is 12.3. The van der Waals surface area contributed by atoms with E-state index in [0.29, 0.717) is 12.6 Å². The van der Waals surface area contributed by atoms with Crippen LogP contribution in [0.5, 0.6) is 0 Å². The minimum atomic E-state index is 0.0841. The predicted molar refractivity (Wildman–Crippen MR) is 80.1 cm³/mol. The van der Waals surface area contributed by atoms with Crippen LogP contribution in [-0.4, -0.2) is 24.5 Å². The summed E-state index contributed by atoms with van der Waals surface area (Å²) in [4.78, 5) is 11.7. The molecule has 3 heteroatoms. The average Bonchev–Trinajstić information content (AvgIpc) is 2.38. The van der Waals surface area contributed by atoms with E-state index in [2.05, 4.69) is 43.5 Å². The van der Waals surface area contributed by atoms with Crippen molar-refractivity contribution < 1.29 is 4.79 Å². The molecule has 2 atom stereocenters. The van der Waals surface area contributed by atoms with Gasteiger partial charge in [-0.2, -0.15) is 0 Å². The Labute approximate surface area is 116 Å². The van der Waals surface area contributed by atoms with Crippen molar-refractivity contribution in [3.8, 4) is 0 Å². The molecular formula is C16H26N2O. The van der Waals surface area contributed by atoms with Crippen molar-refractivity contribution >= 4 is 5.91 Å². The predicted octanol–water partition coefficient (Wildman–Crippen LogP) is 2.51. The minimum Gasteiger partial charge on any atom is -0.353 e. The molecule has 1 amide bonds. The van der Waals surface area contributed by atoms with Gasteiger partial charge in [-0.25, -0.2) is 0 Å². The van der Waals surface area contributed by atoms with E-state index in [1.54, 1.807) is 0 Å². The second kappa shape index (κ2) is 8.70. The van der Waals surface area contributed by atoms with E-state index in [4.69, 9.17) is 0 Å². The summed E-state index contributed by atoms with van der Waals surface area (Å²) in [6.45, 7) is 6.68. The first-order chi connectivity index (χ1) is 9.11. The first kappa shape index (κ1) is 15.7. The topological polar surface area (TPSA) is 41.1 Å². The van der Waals surface area contributed by atoms with Gasteiger partial charge in [0.15, 0.2) is 0 Å². The molecule has 1 rings (SSSR count). The molecule has 1 aromatic carbocycles. The highest BCUT2D eigenvalue weighted by Gasteiger charge is 2.08. The molecule has 0 aliphatic carbocycles. The van der Waals surface area contributed by atoms with Gasteiger partial charge in [-0.3, -0.25) is 4.79 Å². The van der Waals surface area contributed by atoms with Crippen molar-refractivity contribution in [2.45, 2.75) is 52.1 Å². The lowest BCUT2D eigenvalue weighted by molar-refractivity contribution is -0.121. The Hall–Kier alpha value is -1.35. The van der Waals surface area contributed by atoms with E-state index in [-0.39, 0.29) is 11.9 Å². The number of benzene rings is 1. The fourth-order valence-corrected chi connectivity index (χ4v) is 2.14. The molecule has 19 heavy (non-hydrogen) atoms. The summed E-state index contributed by atoms with van der Waals surface area (Å²) in [5.41, 5.74) is 1.29. The molecule has 0 radical (unpaired) electrons. The molecule has 0 fully saturated rings. The van der Waals surface area contributed by atoms with Crippen LogP contribution >= 0.6 is 0 Å². The van der Waals surface area contributed by atoms with Crippen molar-refractivity contribution in [1.82, 2.24) is 10.6 Å². The summed E-state index contributed by atoms with van der Waals surface area (Å²) in [6.07, 6.45) is 3.07. The number of hydrogen-bond donors (Lipinski definition) is 2. The summed E-state index contributed by atoms with van der Waals surface area (Å²) in [5, 5.41) is 6.26. The Kier molecular flexibility index (Phi) is 7.19. The van der Waals surface area contributed by atoms with Crippen LogP contribution in [0.1, 0.15) is 39.2 Å². The van der Waals surface area contributed by atoms with Crippen LogP contribution in [-0.2, 0) is 11.2 Å². The monoisotopic (exact) mass is 262 g/mol. The Bertz CT molecular complexity index is 364. The van der Waals surface area contributed by atoms with Gasteiger partial charge in [-0.1, -0.05) is 43.7 Å². The van der Waals surface area contributed by atoms with Crippen molar-refractivity contribution in [3.63, 3.8) is 0 Å². The van der Waals surface area contributed by atoms with E-state index in [1.807, 2.05) is 18.2 Å². The van der Waals surface area contributed by atoms with Crippen molar-refractivity contribution in [3.05, 3.63) is 35.9 Å². The number of hydrogen-bond acceptors (Lipinski definition) is 2. The van der Waals surface area contributed by atoms with Crippen LogP contribution in [0.2, 0.25) is 0 Å². The third kappa shape index (κ3) is 6.97. The van der Waals surface area contributed by atoms with Gasteiger partial charge in [0.05, 0.1) is 6.54 Å². The molecule has 0 spiro atoms. The molecule has 1 aromatic rings. The standard InChI is InChI=1S/C16H26N2O/c1-4-8-13(2)18-16(19)12-17-14(3)11-15-9-6-5-7-10-15/h5-7,9-10,13-14,17H,4,8,11-12H2,1-3H3,(H,18,19). The van der Waals surface area contributed by atoms with Crippen LogP contribution in [0, 0.1) is 0 Å². The highest BCUT2D eigenvalue weighted by Crippen LogP contribution is 2.02. The largest absolute Gasteiger partial charge is 0.353 e. The molecule has 0 saturated carbocycles. The molecule has 0 heterocycles.